The van der Waals surface area contributed by atoms with E-state index in [0.29, 0.717) is 32.3 Å². The molecule has 0 bridgehead atoms. The lowest BCUT2D eigenvalue weighted by Gasteiger charge is -2.31. The van der Waals surface area contributed by atoms with E-state index < -0.39 is 0 Å². The van der Waals surface area contributed by atoms with Crippen LogP contribution in [0.3, 0.4) is 0 Å². The quantitative estimate of drug-likeness (QED) is 0.708. The summed E-state index contributed by atoms with van der Waals surface area (Å²) >= 11 is 0. The van der Waals surface area contributed by atoms with Gasteiger partial charge in [-0.2, -0.15) is 0 Å². The molecule has 1 saturated heterocycles. The zero-order valence-electron chi connectivity index (χ0n) is 18.4. The monoisotopic (exact) mass is 422 g/mol. The zero-order chi connectivity index (χ0) is 21.4. The number of pyridine rings is 1. The molecule has 0 spiro atoms. The molecule has 0 N–H and O–H groups in total. The average Bonchev–Trinajstić information content (AvgIpc) is 2.80. The molecule has 5 rings (SSSR count). The molecule has 1 atom stereocenters. The third kappa shape index (κ3) is 4.02. The lowest BCUT2D eigenvalue weighted by Crippen LogP contribution is -2.34. The van der Waals surface area contributed by atoms with Crippen LogP contribution in [0.5, 0.6) is 5.88 Å². The second-order valence-corrected chi connectivity index (χ2v) is 8.69. The summed E-state index contributed by atoms with van der Waals surface area (Å²) in [6.07, 6.45) is 4.25. The standard InChI is InChI=1S/C25H30N2O4/c1-17-5-8-26(9-6-17)20-3-4-22-19(13-20)7-10-27-24(14-23(28)18(2)25(22)27)31-16-21-15-29-11-12-30-21/h3-5,13-14,21H,6-12,15-16H2,1-2H3/t21-/m0/s1. The van der Waals surface area contributed by atoms with E-state index in [4.69, 9.17) is 14.2 Å². The van der Waals surface area contributed by atoms with Crippen molar-refractivity contribution in [3.8, 4) is 17.1 Å². The molecule has 3 aliphatic heterocycles. The van der Waals surface area contributed by atoms with Gasteiger partial charge in [-0.3, -0.25) is 4.79 Å². The normalized spacial score (nSPS) is 20.6. The van der Waals surface area contributed by atoms with Crippen LogP contribution in [0.15, 0.2) is 40.7 Å². The van der Waals surface area contributed by atoms with Crippen LogP contribution in [-0.2, 0) is 22.4 Å². The number of rotatable bonds is 4. The van der Waals surface area contributed by atoms with E-state index in [1.165, 1.54) is 16.8 Å². The van der Waals surface area contributed by atoms with Gasteiger partial charge < -0.3 is 23.7 Å². The maximum absolute atomic E-state index is 12.8. The summed E-state index contributed by atoms with van der Waals surface area (Å²) in [5.74, 6) is 0.617. The van der Waals surface area contributed by atoms with Crippen LogP contribution in [0.1, 0.15) is 24.5 Å². The van der Waals surface area contributed by atoms with Crippen LogP contribution in [0.4, 0.5) is 5.69 Å². The van der Waals surface area contributed by atoms with E-state index in [0.717, 1.165) is 49.3 Å². The Kier molecular flexibility index (Phi) is 5.59. The molecule has 1 aromatic heterocycles. The summed E-state index contributed by atoms with van der Waals surface area (Å²) in [4.78, 5) is 15.2. The number of aromatic nitrogens is 1. The van der Waals surface area contributed by atoms with Crippen molar-refractivity contribution in [1.82, 2.24) is 4.57 Å². The number of aryl methyl sites for hydroxylation is 1. The Morgan fingerprint density at radius 3 is 2.81 bits per heavy atom. The molecule has 0 unspecified atom stereocenters. The maximum atomic E-state index is 12.8. The van der Waals surface area contributed by atoms with Crippen molar-refractivity contribution in [1.29, 1.82) is 0 Å². The van der Waals surface area contributed by atoms with E-state index in [2.05, 4.69) is 40.7 Å². The molecule has 6 heteroatoms. The van der Waals surface area contributed by atoms with Crippen LogP contribution >= 0.6 is 0 Å². The van der Waals surface area contributed by atoms with Crippen LogP contribution in [-0.4, -0.2) is 50.2 Å². The highest BCUT2D eigenvalue weighted by atomic mass is 16.6. The molecule has 31 heavy (non-hydrogen) atoms. The van der Waals surface area contributed by atoms with Gasteiger partial charge in [-0.05, 0) is 44.4 Å². The molecule has 1 fully saturated rings. The molecular formula is C25H30N2O4. The van der Waals surface area contributed by atoms with Crippen LogP contribution in [0.25, 0.3) is 11.3 Å². The first-order valence-electron chi connectivity index (χ1n) is 11.2. The minimum absolute atomic E-state index is 0.00984. The van der Waals surface area contributed by atoms with Gasteiger partial charge in [-0.1, -0.05) is 17.7 Å². The van der Waals surface area contributed by atoms with Gasteiger partial charge in [-0.25, -0.2) is 0 Å². The van der Waals surface area contributed by atoms with Gasteiger partial charge in [0, 0.05) is 42.5 Å². The number of ether oxygens (including phenoxy) is 3. The van der Waals surface area contributed by atoms with Gasteiger partial charge in [0.25, 0.3) is 0 Å². The third-order valence-corrected chi connectivity index (χ3v) is 6.57. The second-order valence-electron chi connectivity index (χ2n) is 8.69. The highest BCUT2D eigenvalue weighted by Gasteiger charge is 2.24. The van der Waals surface area contributed by atoms with Gasteiger partial charge in [0.2, 0.25) is 0 Å². The molecule has 0 aliphatic carbocycles. The van der Waals surface area contributed by atoms with Crippen molar-refractivity contribution in [2.45, 2.75) is 39.3 Å². The number of benzene rings is 1. The Balaban J connectivity index is 1.45. The van der Waals surface area contributed by atoms with Gasteiger partial charge in [-0.15, -0.1) is 0 Å². The minimum Gasteiger partial charge on any atom is -0.476 e. The molecule has 3 aliphatic rings. The summed E-state index contributed by atoms with van der Waals surface area (Å²) in [6, 6.07) is 8.28. The van der Waals surface area contributed by atoms with Crippen LogP contribution in [0, 0.1) is 6.92 Å². The molecule has 0 saturated carbocycles. The van der Waals surface area contributed by atoms with Crippen LogP contribution < -0.4 is 15.1 Å². The predicted octanol–water partition coefficient (Wildman–Crippen LogP) is 3.33. The van der Waals surface area contributed by atoms with E-state index in [1.54, 1.807) is 6.07 Å². The fourth-order valence-electron chi connectivity index (χ4n) is 4.68. The average molecular weight is 423 g/mol. The number of nitrogens with zero attached hydrogens (tertiary/aromatic N) is 2. The summed E-state index contributed by atoms with van der Waals surface area (Å²) < 4.78 is 19.4. The smallest absolute Gasteiger partial charge is 0.197 e. The highest BCUT2D eigenvalue weighted by Crippen LogP contribution is 2.36. The first-order valence-corrected chi connectivity index (χ1v) is 11.2. The molecule has 6 nitrogen and oxygen atoms in total. The van der Waals surface area contributed by atoms with Crippen molar-refractivity contribution >= 4 is 5.69 Å². The number of hydrogen-bond acceptors (Lipinski definition) is 5. The summed E-state index contributed by atoms with van der Waals surface area (Å²) in [7, 11) is 0. The van der Waals surface area contributed by atoms with E-state index in [9.17, 15) is 4.79 Å². The van der Waals surface area contributed by atoms with E-state index >= 15 is 0 Å². The Morgan fingerprint density at radius 1 is 1.13 bits per heavy atom. The topological polar surface area (TPSA) is 52.9 Å². The van der Waals surface area contributed by atoms with E-state index in [1.807, 2.05) is 6.92 Å². The van der Waals surface area contributed by atoms with Gasteiger partial charge in [0.15, 0.2) is 11.3 Å². The first-order chi connectivity index (χ1) is 15.1. The second kappa shape index (κ2) is 8.52. The fraction of sp³-hybridized carbons (Fsp3) is 0.480. The number of hydrogen-bond donors (Lipinski definition) is 0. The Labute approximate surface area is 183 Å². The predicted molar refractivity (Wildman–Crippen MR) is 121 cm³/mol. The van der Waals surface area contributed by atoms with Gasteiger partial charge in [0.1, 0.15) is 12.7 Å². The Hall–Kier alpha value is -2.57. The van der Waals surface area contributed by atoms with Crippen molar-refractivity contribution in [2.24, 2.45) is 0 Å². The SMILES string of the molecule is CC1=CCN(c2ccc3c(c2)CCn2c(OC[C@@H]4COCCO4)cc(=O)c(C)c2-3)CC1. The minimum atomic E-state index is -0.0953. The maximum Gasteiger partial charge on any atom is 0.197 e. The lowest BCUT2D eigenvalue weighted by molar-refractivity contribution is -0.102. The van der Waals surface area contributed by atoms with Crippen LogP contribution in [0.2, 0.25) is 0 Å². The summed E-state index contributed by atoms with van der Waals surface area (Å²) in [5, 5.41) is 0. The van der Waals surface area contributed by atoms with Gasteiger partial charge in [0.05, 0.1) is 25.5 Å². The third-order valence-electron chi connectivity index (χ3n) is 6.57. The molecule has 4 heterocycles. The van der Waals surface area contributed by atoms with Crippen molar-refractivity contribution < 1.29 is 14.2 Å². The molecule has 164 valence electrons. The summed E-state index contributed by atoms with van der Waals surface area (Å²) in [6.45, 7) is 9.06. The number of anilines is 1. The Bertz CT molecular complexity index is 1070. The molecule has 2 aromatic rings. The van der Waals surface area contributed by atoms with Crippen molar-refractivity contribution in [3.63, 3.8) is 0 Å². The molecular weight excluding hydrogens is 392 g/mol. The number of fused-ring (bicyclic) bond motifs is 3. The molecule has 0 amide bonds. The molecule has 0 radical (unpaired) electrons. The van der Waals surface area contributed by atoms with E-state index in [-0.39, 0.29) is 11.5 Å². The Morgan fingerprint density at radius 2 is 2.03 bits per heavy atom. The van der Waals surface area contributed by atoms with Gasteiger partial charge >= 0.3 is 0 Å². The van der Waals surface area contributed by atoms with Crippen molar-refractivity contribution in [2.75, 3.05) is 44.4 Å². The molecule has 1 aromatic carbocycles. The zero-order valence-corrected chi connectivity index (χ0v) is 18.4. The summed E-state index contributed by atoms with van der Waals surface area (Å²) in [5.41, 5.74) is 6.92. The first kappa shape index (κ1) is 20.3. The lowest BCUT2D eigenvalue weighted by atomic mass is 9.93. The van der Waals surface area contributed by atoms with Crippen molar-refractivity contribution in [3.05, 3.63) is 57.3 Å². The fourth-order valence-corrected chi connectivity index (χ4v) is 4.68. The highest BCUT2D eigenvalue weighted by molar-refractivity contribution is 5.72. The largest absolute Gasteiger partial charge is 0.476 e.